The van der Waals surface area contributed by atoms with Crippen LogP contribution < -0.4 is 11.2 Å². The van der Waals surface area contributed by atoms with Crippen LogP contribution in [0.1, 0.15) is 11.8 Å². The van der Waals surface area contributed by atoms with Gasteiger partial charge in [0.05, 0.1) is 6.61 Å². The van der Waals surface area contributed by atoms with E-state index >= 15 is 0 Å². The summed E-state index contributed by atoms with van der Waals surface area (Å²) in [6, 6.07) is 0. The van der Waals surface area contributed by atoms with Gasteiger partial charge in [0.25, 0.3) is 5.56 Å². The van der Waals surface area contributed by atoms with E-state index in [1.807, 2.05) is 4.98 Å². The number of aryl methyl sites for hydroxylation is 1. The Morgan fingerprint density at radius 2 is 2.16 bits per heavy atom. The van der Waals surface area contributed by atoms with E-state index < -0.39 is 42.2 Å². The number of nitrogens with zero attached hydrogens (tertiary/aromatic N) is 1. The number of aliphatic hydroxyl groups excluding tert-OH is 2. The molecule has 0 saturated carbocycles. The van der Waals surface area contributed by atoms with Gasteiger partial charge in [0.1, 0.15) is 6.10 Å². The fourth-order valence-corrected chi connectivity index (χ4v) is 1.88. The molecule has 0 amide bonds. The summed E-state index contributed by atoms with van der Waals surface area (Å²) in [6.07, 6.45) is -4.89. The third-order valence-electron chi connectivity index (χ3n) is 2.96. The smallest absolute Gasteiger partial charge is 0.330 e. The molecule has 2 rings (SSSR count). The fraction of sp³-hybridized carbons (Fsp3) is 0.600. The molecule has 0 bridgehead atoms. The molecule has 1 fully saturated rings. The molecule has 0 radical (unpaired) electrons. The van der Waals surface area contributed by atoms with Gasteiger partial charge in [-0.15, -0.1) is 0 Å². The van der Waals surface area contributed by atoms with Crippen LogP contribution in [0, 0.1) is 6.92 Å². The van der Waals surface area contributed by atoms with Crippen molar-refractivity contribution in [2.45, 2.75) is 31.3 Å². The number of aromatic nitrogens is 2. The summed E-state index contributed by atoms with van der Waals surface area (Å²) in [7, 11) is 0. The van der Waals surface area contributed by atoms with Gasteiger partial charge in [-0.1, -0.05) is 0 Å². The van der Waals surface area contributed by atoms with Gasteiger partial charge in [0, 0.05) is 11.8 Å². The van der Waals surface area contributed by atoms with Gasteiger partial charge >= 0.3 is 11.6 Å². The summed E-state index contributed by atoms with van der Waals surface area (Å²) in [5.41, 5.74) is -1.73. The average Bonchev–Trinajstić information content (AvgIpc) is 2.56. The van der Waals surface area contributed by atoms with E-state index in [9.17, 15) is 23.5 Å². The monoisotopic (exact) mass is 278 g/mol. The van der Waals surface area contributed by atoms with E-state index in [0.29, 0.717) is 4.57 Å². The van der Waals surface area contributed by atoms with Crippen LogP contribution in [-0.2, 0) is 4.74 Å². The van der Waals surface area contributed by atoms with E-state index in [-0.39, 0.29) is 5.56 Å². The van der Waals surface area contributed by atoms with Gasteiger partial charge in [0.2, 0.25) is 6.23 Å². The quantitative estimate of drug-likeness (QED) is 0.625. The van der Waals surface area contributed by atoms with Gasteiger partial charge in [-0.3, -0.25) is 14.3 Å². The van der Waals surface area contributed by atoms with Crippen LogP contribution in [-0.4, -0.2) is 44.5 Å². The highest BCUT2D eigenvalue weighted by Crippen LogP contribution is 2.41. The van der Waals surface area contributed by atoms with E-state index in [2.05, 4.69) is 0 Å². The Hall–Kier alpha value is -1.58. The van der Waals surface area contributed by atoms with Gasteiger partial charge in [0.15, 0.2) is 6.10 Å². The molecule has 3 atom stereocenters. The SMILES string of the molecule is Cc1cn([C@@H]2O[C@H](CO)[C@@H](O)C2(F)F)c(=O)[nH]c1=O. The first kappa shape index (κ1) is 13.8. The van der Waals surface area contributed by atoms with E-state index in [1.54, 1.807) is 0 Å². The van der Waals surface area contributed by atoms with E-state index in [4.69, 9.17) is 9.84 Å². The maximum absolute atomic E-state index is 13.8. The van der Waals surface area contributed by atoms with Crippen molar-refractivity contribution in [3.05, 3.63) is 32.6 Å². The number of ether oxygens (including phenoxy) is 1. The molecule has 0 unspecified atom stereocenters. The maximum Gasteiger partial charge on any atom is 0.330 e. The van der Waals surface area contributed by atoms with Crippen molar-refractivity contribution < 1.29 is 23.7 Å². The lowest BCUT2D eigenvalue weighted by atomic mass is 10.1. The zero-order valence-corrected chi connectivity index (χ0v) is 9.84. The number of aromatic amines is 1. The Morgan fingerprint density at radius 3 is 2.68 bits per heavy atom. The largest absolute Gasteiger partial charge is 0.394 e. The second kappa shape index (κ2) is 4.51. The highest BCUT2D eigenvalue weighted by molar-refractivity contribution is 5.04. The van der Waals surface area contributed by atoms with Crippen LogP contribution in [0.15, 0.2) is 15.8 Å². The third-order valence-corrected chi connectivity index (χ3v) is 2.96. The zero-order chi connectivity index (χ0) is 14.4. The number of aliphatic hydroxyl groups is 2. The van der Waals surface area contributed by atoms with E-state index in [0.717, 1.165) is 6.20 Å². The lowest BCUT2D eigenvalue weighted by Gasteiger charge is -2.21. The summed E-state index contributed by atoms with van der Waals surface area (Å²) in [4.78, 5) is 24.5. The molecule has 9 heteroatoms. The van der Waals surface area contributed by atoms with Crippen LogP contribution >= 0.6 is 0 Å². The summed E-state index contributed by atoms with van der Waals surface area (Å²) < 4.78 is 32.9. The lowest BCUT2D eigenvalue weighted by molar-refractivity contribution is -0.141. The highest BCUT2D eigenvalue weighted by Gasteiger charge is 2.59. The molecule has 1 aromatic rings. The second-order valence-corrected chi connectivity index (χ2v) is 4.31. The number of alkyl halides is 2. The molecule has 0 aromatic carbocycles. The Balaban J connectivity index is 2.51. The molecule has 0 aliphatic carbocycles. The Morgan fingerprint density at radius 1 is 1.53 bits per heavy atom. The van der Waals surface area contributed by atoms with Crippen molar-refractivity contribution in [2.75, 3.05) is 6.61 Å². The predicted molar refractivity (Wildman–Crippen MR) is 58.0 cm³/mol. The van der Waals surface area contributed by atoms with Crippen molar-refractivity contribution in [3.8, 4) is 0 Å². The molecule has 1 aromatic heterocycles. The molecule has 19 heavy (non-hydrogen) atoms. The number of nitrogens with one attached hydrogen (secondary N) is 1. The minimum Gasteiger partial charge on any atom is -0.394 e. The van der Waals surface area contributed by atoms with Crippen LogP contribution in [0.3, 0.4) is 0 Å². The predicted octanol–water partition coefficient (Wildman–Crippen LogP) is -1.27. The number of H-pyrrole nitrogens is 1. The standard InChI is InChI=1S/C10H12F2N2O5/c1-4-2-14(9(18)13-7(4)17)8-10(11,12)6(16)5(3-15)19-8/h2,5-6,8,15-16H,3H2,1H3,(H,13,17,18)/t5-,6-,8-/m1/s1. The highest BCUT2D eigenvalue weighted by atomic mass is 19.3. The number of rotatable bonds is 2. The number of hydrogen-bond donors (Lipinski definition) is 3. The Bertz CT molecular complexity index is 596. The van der Waals surface area contributed by atoms with Crippen LogP contribution in [0.25, 0.3) is 0 Å². The first-order valence-corrected chi connectivity index (χ1v) is 5.43. The average molecular weight is 278 g/mol. The summed E-state index contributed by atoms with van der Waals surface area (Å²) in [6.45, 7) is 0.520. The van der Waals surface area contributed by atoms with Crippen molar-refractivity contribution in [1.29, 1.82) is 0 Å². The zero-order valence-electron chi connectivity index (χ0n) is 9.84. The Kier molecular flexibility index (Phi) is 3.29. The minimum atomic E-state index is -3.76. The molecule has 106 valence electrons. The first-order valence-electron chi connectivity index (χ1n) is 5.43. The molecule has 7 nitrogen and oxygen atoms in total. The fourth-order valence-electron chi connectivity index (χ4n) is 1.88. The van der Waals surface area contributed by atoms with Crippen LogP contribution in [0.4, 0.5) is 8.78 Å². The molecular formula is C10H12F2N2O5. The van der Waals surface area contributed by atoms with Gasteiger partial charge in [-0.05, 0) is 6.92 Å². The first-order chi connectivity index (χ1) is 8.78. The summed E-state index contributed by atoms with van der Waals surface area (Å²) in [5.74, 6) is -3.76. The maximum atomic E-state index is 13.8. The van der Waals surface area contributed by atoms with Crippen LogP contribution in [0.5, 0.6) is 0 Å². The summed E-state index contributed by atoms with van der Waals surface area (Å²) >= 11 is 0. The van der Waals surface area contributed by atoms with Crippen molar-refractivity contribution in [1.82, 2.24) is 9.55 Å². The third kappa shape index (κ3) is 2.09. The number of halogens is 2. The number of hydrogen-bond acceptors (Lipinski definition) is 5. The molecule has 1 aliphatic heterocycles. The topological polar surface area (TPSA) is 105 Å². The van der Waals surface area contributed by atoms with Gasteiger partial charge in [-0.2, -0.15) is 8.78 Å². The molecule has 2 heterocycles. The molecule has 3 N–H and O–H groups in total. The Labute approximate surface area is 105 Å². The van der Waals surface area contributed by atoms with Crippen molar-refractivity contribution in [3.63, 3.8) is 0 Å². The summed E-state index contributed by atoms with van der Waals surface area (Å²) in [5, 5.41) is 18.2. The second-order valence-electron chi connectivity index (χ2n) is 4.31. The van der Waals surface area contributed by atoms with Crippen molar-refractivity contribution in [2.24, 2.45) is 0 Å². The lowest BCUT2D eigenvalue weighted by Crippen LogP contribution is -2.43. The molecule has 1 aliphatic rings. The van der Waals surface area contributed by atoms with Gasteiger partial charge < -0.3 is 14.9 Å². The minimum absolute atomic E-state index is 0.0425. The van der Waals surface area contributed by atoms with E-state index in [1.165, 1.54) is 6.92 Å². The molecule has 0 spiro atoms. The van der Waals surface area contributed by atoms with Gasteiger partial charge in [-0.25, -0.2) is 4.79 Å². The molecule has 1 saturated heterocycles. The molecular weight excluding hydrogens is 266 g/mol. The van der Waals surface area contributed by atoms with Crippen LogP contribution in [0.2, 0.25) is 0 Å². The normalized spacial score (nSPS) is 29.6. The van der Waals surface area contributed by atoms with Crippen molar-refractivity contribution >= 4 is 0 Å².